The minimum Gasteiger partial charge on any atom is -0.308 e. The van der Waals surface area contributed by atoms with E-state index in [-0.39, 0.29) is 12.2 Å². The highest BCUT2D eigenvalue weighted by Crippen LogP contribution is 2.48. The Morgan fingerprint density at radius 2 is 2.42 bits per heavy atom. The van der Waals surface area contributed by atoms with Crippen molar-refractivity contribution in [3.8, 4) is 0 Å². The molecule has 0 spiro atoms. The standard InChI is InChI=1S/C8H11O3P/c1-2-7-6-8-4-3-5-9-12(10-7)11-8/h2-4,7-8H,1,5-6H2/t7?,8-,12?/m0/s1. The van der Waals surface area contributed by atoms with Gasteiger partial charge in [-0.2, -0.15) is 0 Å². The van der Waals surface area contributed by atoms with Crippen LogP contribution in [0.2, 0.25) is 0 Å². The molecule has 0 aromatic carbocycles. The first kappa shape index (κ1) is 8.39. The molecule has 1 fully saturated rings. The molecule has 0 radical (unpaired) electrons. The van der Waals surface area contributed by atoms with Crippen LogP contribution in [0.4, 0.5) is 0 Å². The zero-order chi connectivity index (χ0) is 8.39. The lowest BCUT2D eigenvalue weighted by Gasteiger charge is -2.29. The summed E-state index contributed by atoms with van der Waals surface area (Å²) in [6.07, 6.45) is 6.88. The highest BCUT2D eigenvalue weighted by molar-refractivity contribution is 7.41. The van der Waals surface area contributed by atoms with E-state index in [0.717, 1.165) is 6.42 Å². The van der Waals surface area contributed by atoms with Crippen molar-refractivity contribution < 1.29 is 13.6 Å². The topological polar surface area (TPSA) is 27.7 Å². The highest BCUT2D eigenvalue weighted by Gasteiger charge is 2.30. The molecule has 0 saturated carbocycles. The molecule has 2 aliphatic heterocycles. The molecule has 1 saturated heterocycles. The molecule has 2 heterocycles. The van der Waals surface area contributed by atoms with Crippen LogP contribution in [-0.4, -0.2) is 18.8 Å². The second kappa shape index (κ2) is 3.67. The number of fused-ring (bicyclic) bond motifs is 2. The summed E-state index contributed by atoms with van der Waals surface area (Å²) in [5.74, 6) is 0. The van der Waals surface area contributed by atoms with Crippen LogP contribution in [-0.2, 0) is 13.6 Å². The fourth-order valence-corrected chi connectivity index (χ4v) is 2.34. The molecule has 3 nitrogen and oxygen atoms in total. The van der Waals surface area contributed by atoms with E-state index in [1.54, 1.807) is 6.08 Å². The first-order valence-electron chi connectivity index (χ1n) is 3.94. The van der Waals surface area contributed by atoms with Crippen molar-refractivity contribution in [3.05, 3.63) is 24.8 Å². The van der Waals surface area contributed by atoms with Crippen LogP contribution in [0.1, 0.15) is 6.42 Å². The van der Waals surface area contributed by atoms with Gasteiger partial charge in [-0.25, -0.2) is 0 Å². The van der Waals surface area contributed by atoms with Crippen LogP contribution in [0.25, 0.3) is 0 Å². The van der Waals surface area contributed by atoms with Crippen molar-refractivity contribution in [2.24, 2.45) is 0 Å². The zero-order valence-electron chi connectivity index (χ0n) is 6.68. The Balaban J connectivity index is 2.06. The zero-order valence-corrected chi connectivity index (χ0v) is 7.57. The number of rotatable bonds is 1. The molecule has 4 heteroatoms. The Kier molecular flexibility index (Phi) is 2.57. The van der Waals surface area contributed by atoms with Crippen LogP contribution in [0.3, 0.4) is 0 Å². The Morgan fingerprint density at radius 1 is 1.50 bits per heavy atom. The summed E-state index contributed by atoms with van der Waals surface area (Å²) >= 11 is 0. The summed E-state index contributed by atoms with van der Waals surface area (Å²) in [6, 6.07) is 0. The maximum absolute atomic E-state index is 5.47. The molecule has 0 aliphatic carbocycles. The highest BCUT2D eigenvalue weighted by atomic mass is 31.2. The Morgan fingerprint density at radius 3 is 3.25 bits per heavy atom. The molecule has 66 valence electrons. The van der Waals surface area contributed by atoms with E-state index in [4.69, 9.17) is 13.6 Å². The van der Waals surface area contributed by atoms with E-state index >= 15 is 0 Å². The van der Waals surface area contributed by atoms with Gasteiger partial charge < -0.3 is 13.6 Å². The largest absolute Gasteiger partial charge is 0.334 e. The molecule has 2 aliphatic rings. The lowest BCUT2D eigenvalue weighted by atomic mass is 10.1. The van der Waals surface area contributed by atoms with Crippen molar-refractivity contribution in [1.29, 1.82) is 0 Å². The maximum Gasteiger partial charge on any atom is 0.334 e. The van der Waals surface area contributed by atoms with E-state index in [9.17, 15) is 0 Å². The third kappa shape index (κ3) is 1.75. The van der Waals surface area contributed by atoms with Gasteiger partial charge in [-0.15, -0.1) is 6.58 Å². The lowest BCUT2D eigenvalue weighted by molar-refractivity contribution is 0.0647. The van der Waals surface area contributed by atoms with E-state index in [1.165, 1.54) is 0 Å². The van der Waals surface area contributed by atoms with E-state index in [0.29, 0.717) is 6.61 Å². The normalized spacial score (nSPS) is 40.5. The van der Waals surface area contributed by atoms with Crippen LogP contribution >= 0.6 is 8.60 Å². The molecule has 2 bridgehead atoms. The van der Waals surface area contributed by atoms with Crippen LogP contribution < -0.4 is 0 Å². The average molecular weight is 186 g/mol. The molecule has 0 aromatic rings. The molecular weight excluding hydrogens is 175 g/mol. The smallest absolute Gasteiger partial charge is 0.308 e. The van der Waals surface area contributed by atoms with Gasteiger partial charge in [0.2, 0.25) is 0 Å². The Bertz CT molecular complexity index is 204. The fraction of sp³-hybridized carbons (Fsp3) is 0.500. The van der Waals surface area contributed by atoms with Gasteiger partial charge in [-0.3, -0.25) is 0 Å². The average Bonchev–Trinajstić information content (AvgIpc) is 2.27. The second-order valence-electron chi connectivity index (χ2n) is 2.71. The minimum absolute atomic E-state index is 0.0811. The quantitative estimate of drug-likeness (QED) is 0.464. The summed E-state index contributed by atoms with van der Waals surface area (Å²) in [6.45, 7) is 4.28. The molecule has 2 unspecified atom stereocenters. The molecule has 0 aromatic heterocycles. The minimum atomic E-state index is -1.13. The van der Waals surface area contributed by atoms with Crippen molar-refractivity contribution in [2.75, 3.05) is 6.61 Å². The summed E-state index contributed by atoms with van der Waals surface area (Å²) < 4.78 is 16.2. The summed E-state index contributed by atoms with van der Waals surface area (Å²) in [5.41, 5.74) is 0. The van der Waals surface area contributed by atoms with E-state index < -0.39 is 8.60 Å². The van der Waals surface area contributed by atoms with E-state index in [2.05, 4.69) is 6.58 Å². The monoisotopic (exact) mass is 186 g/mol. The van der Waals surface area contributed by atoms with Gasteiger partial charge in [0.25, 0.3) is 0 Å². The van der Waals surface area contributed by atoms with Crippen molar-refractivity contribution in [1.82, 2.24) is 0 Å². The summed E-state index contributed by atoms with van der Waals surface area (Å²) in [4.78, 5) is 0. The van der Waals surface area contributed by atoms with Gasteiger partial charge in [0.15, 0.2) is 0 Å². The van der Waals surface area contributed by atoms with Crippen LogP contribution in [0.5, 0.6) is 0 Å². The molecular formula is C8H11O3P. The van der Waals surface area contributed by atoms with Crippen molar-refractivity contribution in [3.63, 3.8) is 0 Å². The first-order chi connectivity index (χ1) is 5.88. The van der Waals surface area contributed by atoms with Gasteiger partial charge in [-0.05, 0) is 0 Å². The molecule has 12 heavy (non-hydrogen) atoms. The number of hydrogen-bond acceptors (Lipinski definition) is 3. The lowest BCUT2D eigenvalue weighted by Crippen LogP contribution is -2.23. The van der Waals surface area contributed by atoms with Gasteiger partial charge in [0, 0.05) is 6.42 Å². The summed E-state index contributed by atoms with van der Waals surface area (Å²) in [5, 5.41) is 0. The molecule has 0 amide bonds. The number of hydrogen-bond donors (Lipinski definition) is 0. The van der Waals surface area contributed by atoms with Gasteiger partial charge in [0.05, 0.1) is 18.8 Å². The van der Waals surface area contributed by atoms with Crippen molar-refractivity contribution >= 4 is 8.60 Å². The molecule has 0 N–H and O–H groups in total. The van der Waals surface area contributed by atoms with Crippen molar-refractivity contribution in [2.45, 2.75) is 18.6 Å². The Labute approximate surface area is 73.0 Å². The first-order valence-corrected chi connectivity index (χ1v) is 5.04. The van der Waals surface area contributed by atoms with Crippen LogP contribution in [0.15, 0.2) is 24.8 Å². The predicted octanol–water partition coefficient (Wildman–Crippen LogP) is 2.16. The summed E-state index contributed by atoms with van der Waals surface area (Å²) in [7, 11) is -1.13. The predicted molar refractivity (Wildman–Crippen MR) is 46.6 cm³/mol. The fourth-order valence-electron chi connectivity index (χ4n) is 1.19. The van der Waals surface area contributed by atoms with E-state index in [1.807, 2.05) is 12.2 Å². The van der Waals surface area contributed by atoms with Gasteiger partial charge >= 0.3 is 8.60 Å². The maximum atomic E-state index is 5.47. The van der Waals surface area contributed by atoms with Gasteiger partial charge in [0.1, 0.15) is 0 Å². The SMILES string of the molecule is C=CC1C[C@@H]2C=CCOP(O1)O2. The van der Waals surface area contributed by atoms with Crippen LogP contribution in [0, 0.1) is 0 Å². The Hall–Kier alpha value is -0.210. The molecule has 3 atom stereocenters. The van der Waals surface area contributed by atoms with Gasteiger partial charge in [-0.1, -0.05) is 18.2 Å². The molecule has 2 rings (SSSR count). The third-order valence-corrected chi connectivity index (χ3v) is 3.04. The third-order valence-electron chi connectivity index (χ3n) is 1.80. The second-order valence-corrected chi connectivity index (χ2v) is 3.83.